The lowest BCUT2D eigenvalue weighted by Crippen LogP contribution is -2.24. The maximum atomic E-state index is 13.0. The summed E-state index contributed by atoms with van der Waals surface area (Å²) in [5, 5.41) is 5.21. The third-order valence-corrected chi connectivity index (χ3v) is 4.73. The van der Waals surface area contributed by atoms with Gasteiger partial charge in [-0.25, -0.2) is 4.98 Å². The first kappa shape index (κ1) is 19.0. The maximum absolute atomic E-state index is 13.0. The Bertz CT molecular complexity index is 971. The van der Waals surface area contributed by atoms with Crippen molar-refractivity contribution in [2.24, 2.45) is 0 Å². The minimum atomic E-state index is -0.259. The lowest BCUT2D eigenvalue weighted by molar-refractivity contribution is 0.102. The molecule has 0 radical (unpaired) electrons. The number of rotatable bonds is 6. The molecule has 0 bridgehead atoms. The summed E-state index contributed by atoms with van der Waals surface area (Å²) in [6.07, 6.45) is 1.63. The smallest absolute Gasteiger partial charge is 0.257 e. The highest BCUT2D eigenvalue weighted by molar-refractivity contribution is 6.31. The van der Waals surface area contributed by atoms with Gasteiger partial charge in [-0.15, -0.1) is 0 Å². The van der Waals surface area contributed by atoms with Gasteiger partial charge in [0.25, 0.3) is 5.91 Å². The van der Waals surface area contributed by atoms with E-state index in [1.54, 1.807) is 31.5 Å². The normalized spacial score (nSPS) is 10.7. The van der Waals surface area contributed by atoms with Crippen LogP contribution in [0.4, 0.5) is 11.5 Å². The number of pyridine rings is 1. The van der Waals surface area contributed by atoms with E-state index in [0.717, 1.165) is 29.7 Å². The molecule has 0 saturated heterocycles. The molecule has 0 aliphatic heterocycles. The molecule has 0 aliphatic rings. The molecule has 3 aromatic rings. The van der Waals surface area contributed by atoms with Crippen LogP contribution in [-0.4, -0.2) is 31.1 Å². The quantitative estimate of drug-likeness (QED) is 0.651. The van der Waals surface area contributed by atoms with Gasteiger partial charge < -0.3 is 15.0 Å². The van der Waals surface area contributed by atoms with Crippen LogP contribution in [0.5, 0.6) is 5.75 Å². The fourth-order valence-electron chi connectivity index (χ4n) is 3.10. The van der Waals surface area contributed by atoms with Gasteiger partial charge in [-0.3, -0.25) is 4.79 Å². The molecular formula is C21H22ClN3O2. The third kappa shape index (κ3) is 3.83. The Hall–Kier alpha value is -2.79. The summed E-state index contributed by atoms with van der Waals surface area (Å²) in [5.41, 5.74) is 1.02. The van der Waals surface area contributed by atoms with Crippen molar-refractivity contribution >= 4 is 39.8 Å². The second-order valence-corrected chi connectivity index (χ2v) is 6.45. The first-order valence-corrected chi connectivity index (χ1v) is 9.24. The van der Waals surface area contributed by atoms with Gasteiger partial charge in [0.2, 0.25) is 0 Å². The van der Waals surface area contributed by atoms with Crippen molar-refractivity contribution in [1.29, 1.82) is 0 Å². The number of carbonyl (C=O) groups is 1. The number of fused-ring (bicyclic) bond motifs is 1. The minimum absolute atomic E-state index is 0.259. The van der Waals surface area contributed by atoms with Gasteiger partial charge in [0.15, 0.2) is 0 Å². The number of halogens is 1. The molecule has 0 saturated carbocycles. The summed E-state index contributed by atoms with van der Waals surface area (Å²) in [6, 6.07) is 12.9. The van der Waals surface area contributed by atoms with Crippen molar-refractivity contribution in [2.45, 2.75) is 13.8 Å². The molecule has 1 N–H and O–H groups in total. The van der Waals surface area contributed by atoms with E-state index in [2.05, 4.69) is 29.0 Å². The number of nitrogens with one attached hydrogen (secondary N) is 1. The van der Waals surface area contributed by atoms with E-state index >= 15 is 0 Å². The molecule has 27 heavy (non-hydrogen) atoms. The zero-order valence-electron chi connectivity index (χ0n) is 15.6. The van der Waals surface area contributed by atoms with Crippen molar-refractivity contribution in [2.75, 3.05) is 30.4 Å². The number of anilines is 2. The molecule has 0 atom stereocenters. The maximum Gasteiger partial charge on any atom is 0.257 e. The van der Waals surface area contributed by atoms with Gasteiger partial charge in [0, 0.05) is 29.7 Å². The van der Waals surface area contributed by atoms with Gasteiger partial charge in [0.1, 0.15) is 11.6 Å². The van der Waals surface area contributed by atoms with Gasteiger partial charge in [-0.05, 0) is 37.4 Å². The Kier molecular flexibility index (Phi) is 5.81. The first-order valence-electron chi connectivity index (χ1n) is 8.86. The molecule has 2 aromatic carbocycles. The second kappa shape index (κ2) is 8.27. The molecule has 0 unspecified atom stereocenters. The Labute approximate surface area is 163 Å². The number of carbonyl (C=O) groups excluding carboxylic acids is 1. The zero-order valence-corrected chi connectivity index (χ0v) is 16.4. The van der Waals surface area contributed by atoms with Crippen LogP contribution >= 0.6 is 11.6 Å². The second-order valence-electron chi connectivity index (χ2n) is 6.01. The summed E-state index contributed by atoms with van der Waals surface area (Å²) < 4.78 is 5.31. The average molecular weight is 384 g/mol. The van der Waals surface area contributed by atoms with Crippen molar-refractivity contribution in [3.63, 3.8) is 0 Å². The molecule has 0 aliphatic carbocycles. The van der Waals surface area contributed by atoms with E-state index in [4.69, 9.17) is 16.3 Å². The molecule has 5 nitrogen and oxygen atoms in total. The summed E-state index contributed by atoms with van der Waals surface area (Å²) in [4.78, 5) is 19.7. The van der Waals surface area contributed by atoms with Gasteiger partial charge in [-0.2, -0.15) is 0 Å². The lowest BCUT2D eigenvalue weighted by atomic mass is 10.1. The summed E-state index contributed by atoms with van der Waals surface area (Å²) >= 11 is 6.06. The lowest BCUT2D eigenvalue weighted by Gasteiger charge is -2.22. The molecule has 1 amide bonds. The van der Waals surface area contributed by atoms with E-state index < -0.39 is 0 Å². The van der Waals surface area contributed by atoms with Crippen LogP contribution in [0.25, 0.3) is 10.8 Å². The minimum Gasteiger partial charge on any atom is -0.495 e. The van der Waals surface area contributed by atoms with Crippen molar-refractivity contribution < 1.29 is 9.53 Å². The molecule has 1 aromatic heterocycles. The Morgan fingerprint density at radius 2 is 1.85 bits per heavy atom. The Morgan fingerprint density at radius 3 is 2.52 bits per heavy atom. The average Bonchev–Trinajstić information content (AvgIpc) is 2.69. The predicted molar refractivity (Wildman–Crippen MR) is 111 cm³/mol. The molecule has 0 spiro atoms. The number of nitrogens with zero attached hydrogens (tertiary/aromatic N) is 2. The highest BCUT2D eigenvalue weighted by Crippen LogP contribution is 2.30. The van der Waals surface area contributed by atoms with Crippen LogP contribution < -0.4 is 15.0 Å². The van der Waals surface area contributed by atoms with Crippen molar-refractivity contribution in [3.8, 4) is 5.75 Å². The molecule has 0 fully saturated rings. The highest BCUT2D eigenvalue weighted by atomic mass is 35.5. The van der Waals surface area contributed by atoms with Gasteiger partial charge in [0.05, 0.1) is 18.4 Å². The molecule has 3 rings (SSSR count). The van der Waals surface area contributed by atoms with E-state index in [1.165, 1.54) is 0 Å². The van der Waals surface area contributed by atoms with Crippen molar-refractivity contribution in [1.82, 2.24) is 4.98 Å². The first-order chi connectivity index (χ1) is 13.1. The van der Waals surface area contributed by atoms with E-state index in [1.807, 2.05) is 24.3 Å². The van der Waals surface area contributed by atoms with Gasteiger partial charge in [-0.1, -0.05) is 35.9 Å². The summed E-state index contributed by atoms with van der Waals surface area (Å²) in [6.45, 7) is 5.87. The van der Waals surface area contributed by atoms with Crippen LogP contribution in [0.1, 0.15) is 24.2 Å². The van der Waals surface area contributed by atoms with E-state index in [9.17, 15) is 4.79 Å². The van der Waals surface area contributed by atoms with Crippen LogP contribution in [0.15, 0.2) is 48.7 Å². The number of methoxy groups -OCH3 is 1. The molecular weight excluding hydrogens is 362 g/mol. The van der Waals surface area contributed by atoms with Crippen LogP contribution in [0.3, 0.4) is 0 Å². The topological polar surface area (TPSA) is 54.5 Å². The fraction of sp³-hybridized carbons (Fsp3) is 0.238. The SMILES string of the molecule is CCN(CC)c1ncc(C(=O)Nc2cc(Cl)ccc2OC)c2ccccc12. The predicted octanol–water partition coefficient (Wildman–Crippen LogP) is 5.00. The van der Waals surface area contributed by atoms with E-state index in [-0.39, 0.29) is 5.91 Å². The fourth-order valence-corrected chi connectivity index (χ4v) is 3.27. The van der Waals surface area contributed by atoms with Crippen LogP contribution in [0, 0.1) is 0 Å². The van der Waals surface area contributed by atoms with E-state index in [0.29, 0.717) is 22.0 Å². The number of benzene rings is 2. The Balaban J connectivity index is 2.04. The zero-order chi connectivity index (χ0) is 19.4. The number of amides is 1. The molecule has 140 valence electrons. The molecule has 6 heteroatoms. The number of hydrogen-bond acceptors (Lipinski definition) is 4. The summed E-state index contributed by atoms with van der Waals surface area (Å²) in [5.74, 6) is 1.17. The third-order valence-electron chi connectivity index (χ3n) is 4.49. The summed E-state index contributed by atoms with van der Waals surface area (Å²) in [7, 11) is 1.55. The highest BCUT2D eigenvalue weighted by Gasteiger charge is 2.17. The monoisotopic (exact) mass is 383 g/mol. The Morgan fingerprint density at radius 1 is 1.15 bits per heavy atom. The van der Waals surface area contributed by atoms with Gasteiger partial charge >= 0.3 is 0 Å². The number of aromatic nitrogens is 1. The van der Waals surface area contributed by atoms with Crippen molar-refractivity contribution in [3.05, 3.63) is 59.2 Å². The standard InChI is InChI=1S/C21H22ClN3O2/c1-4-25(5-2)20-16-9-7-6-8-15(16)17(13-23-20)21(26)24-18-12-14(22)10-11-19(18)27-3/h6-13H,4-5H2,1-3H3,(H,24,26). The largest absolute Gasteiger partial charge is 0.495 e. The molecule has 1 heterocycles. The van der Waals surface area contributed by atoms with Crippen LogP contribution in [0.2, 0.25) is 5.02 Å². The number of hydrogen-bond donors (Lipinski definition) is 1. The number of ether oxygens (including phenoxy) is 1. The van der Waals surface area contributed by atoms with Crippen LogP contribution in [-0.2, 0) is 0 Å².